The van der Waals surface area contributed by atoms with Crippen LogP contribution in [0.5, 0.6) is 11.5 Å². The summed E-state index contributed by atoms with van der Waals surface area (Å²) in [6, 6.07) is 12.7. The van der Waals surface area contributed by atoms with Gasteiger partial charge >= 0.3 is 0 Å². The average molecular weight is 513 g/mol. The van der Waals surface area contributed by atoms with Gasteiger partial charge in [-0.15, -0.1) is 0 Å². The van der Waals surface area contributed by atoms with Crippen molar-refractivity contribution in [2.24, 2.45) is 5.92 Å². The van der Waals surface area contributed by atoms with E-state index in [0.29, 0.717) is 36.5 Å². The number of rotatable bonds is 4. The first-order valence-electron chi connectivity index (χ1n) is 14.0. The molecule has 2 aromatic carbocycles. The van der Waals surface area contributed by atoms with E-state index >= 15 is 0 Å². The minimum Gasteiger partial charge on any atom is -0.504 e. The highest BCUT2D eigenvalue weighted by molar-refractivity contribution is 6.16. The SMILES string of the molecule is O=C1CC(=Cc2ccccc2)C(=O)N1C1CCC2(O)C3Cc4ccc(O)c5c4C2(CCN3CC2CC2)C1O5. The highest BCUT2D eigenvalue weighted by atomic mass is 16.5. The van der Waals surface area contributed by atoms with E-state index in [-0.39, 0.29) is 30.0 Å². The third kappa shape index (κ3) is 2.86. The van der Waals surface area contributed by atoms with E-state index in [1.54, 1.807) is 12.1 Å². The molecule has 0 aromatic heterocycles. The Balaban J connectivity index is 1.21. The van der Waals surface area contributed by atoms with Crippen LogP contribution in [0.25, 0.3) is 6.08 Å². The summed E-state index contributed by atoms with van der Waals surface area (Å²) in [7, 11) is 0. The number of phenolic OH excluding ortho intramolecular Hbond substituents is 1. The molecule has 7 heteroatoms. The number of phenols is 1. The molecule has 0 radical (unpaired) electrons. The molecule has 3 aliphatic heterocycles. The van der Waals surface area contributed by atoms with Crippen molar-refractivity contribution < 1.29 is 24.5 Å². The molecule has 8 rings (SSSR count). The molecular weight excluding hydrogens is 480 g/mol. The number of piperidine rings is 1. The second kappa shape index (κ2) is 7.70. The van der Waals surface area contributed by atoms with E-state index in [1.807, 2.05) is 36.4 Å². The zero-order valence-electron chi connectivity index (χ0n) is 21.3. The fourth-order valence-corrected chi connectivity index (χ4v) is 8.51. The monoisotopic (exact) mass is 512 g/mol. The zero-order valence-corrected chi connectivity index (χ0v) is 21.3. The van der Waals surface area contributed by atoms with Crippen LogP contribution in [0.15, 0.2) is 48.0 Å². The summed E-state index contributed by atoms with van der Waals surface area (Å²) in [5.41, 5.74) is 1.60. The van der Waals surface area contributed by atoms with Gasteiger partial charge in [-0.25, -0.2) is 0 Å². The number of amides is 2. The number of likely N-dealkylation sites (tertiary alicyclic amines) is 2. The Bertz CT molecular complexity index is 1400. The van der Waals surface area contributed by atoms with Crippen molar-refractivity contribution in [1.29, 1.82) is 0 Å². The van der Waals surface area contributed by atoms with Gasteiger partial charge in [0.1, 0.15) is 6.10 Å². The summed E-state index contributed by atoms with van der Waals surface area (Å²) >= 11 is 0. The molecular formula is C31H32N2O5. The molecule has 2 aromatic rings. The lowest BCUT2D eigenvalue weighted by Crippen LogP contribution is -2.78. The second-order valence-corrected chi connectivity index (χ2v) is 12.2. The first-order chi connectivity index (χ1) is 18.4. The number of aromatic hydroxyl groups is 1. The molecule has 3 heterocycles. The summed E-state index contributed by atoms with van der Waals surface area (Å²) < 4.78 is 6.58. The number of ether oxygens (including phenoxy) is 1. The third-order valence-electron chi connectivity index (χ3n) is 10.3. The lowest BCUT2D eigenvalue weighted by molar-refractivity contribution is -0.201. The van der Waals surface area contributed by atoms with E-state index in [0.717, 1.165) is 36.2 Å². The predicted octanol–water partition coefficient (Wildman–Crippen LogP) is 3.17. The average Bonchev–Trinajstić information content (AvgIpc) is 3.59. The second-order valence-electron chi connectivity index (χ2n) is 12.2. The molecule has 2 saturated carbocycles. The number of nitrogens with zero attached hydrogens (tertiary/aromatic N) is 2. The Morgan fingerprint density at radius 3 is 2.66 bits per heavy atom. The summed E-state index contributed by atoms with van der Waals surface area (Å²) in [6.45, 7) is 1.85. The van der Waals surface area contributed by atoms with E-state index in [4.69, 9.17) is 4.74 Å². The molecule has 2 N–H and O–H groups in total. The number of carbonyl (C=O) groups excluding carboxylic acids is 2. The first kappa shape index (κ1) is 22.8. The van der Waals surface area contributed by atoms with Gasteiger partial charge in [0.2, 0.25) is 5.91 Å². The maximum Gasteiger partial charge on any atom is 0.257 e. The smallest absolute Gasteiger partial charge is 0.257 e. The van der Waals surface area contributed by atoms with E-state index in [1.165, 1.54) is 17.7 Å². The number of aliphatic hydroxyl groups is 1. The molecule has 196 valence electrons. The van der Waals surface area contributed by atoms with Crippen molar-refractivity contribution in [3.63, 3.8) is 0 Å². The molecule has 5 atom stereocenters. The third-order valence-corrected chi connectivity index (χ3v) is 10.3. The zero-order chi connectivity index (χ0) is 25.8. The largest absolute Gasteiger partial charge is 0.504 e. The lowest BCUT2D eigenvalue weighted by Gasteiger charge is -2.64. The maximum absolute atomic E-state index is 13.7. The van der Waals surface area contributed by atoms with Crippen LogP contribution in [0.2, 0.25) is 0 Å². The van der Waals surface area contributed by atoms with E-state index in [2.05, 4.69) is 4.90 Å². The molecule has 38 heavy (non-hydrogen) atoms. The van der Waals surface area contributed by atoms with Gasteiger partial charge in [-0.1, -0.05) is 36.4 Å². The summed E-state index contributed by atoms with van der Waals surface area (Å²) in [5.74, 6) is 0.730. The maximum atomic E-state index is 13.7. The van der Waals surface area contributed by atoms with Gasteiger partial charge < -0.3 is 14.9 Å². The van der Waals surface area contributed by atoms with Crippen molar-refractivity contribution in [3.05, 3.63) is 64.7 Å². The molecule has 2 saturated heterocycles. The van der Waals surface area contributed by atoms with E-state index < -0.39 is 23.2 Å². The fraction of sp³-hybridized carbons (Fsp3) is 0.484. The number of hydrogen-bond donors (Lipinski definition) is 2. The molecule has 2 amide bonds. The van der Waals surface area contributed by atoms with Gasteiger partial charge in [-0.05, 0) is 74.3 Å². The van der Waals surface area contributed by atoms with Gasteiger partial charge in [0, 0.05) is 23.7 Å². The highest BCUT2D eigenvalue weighted by Crippen LogP contribution is 2.66. The fourth-order valence-electron chi connectivity index (χ4n) is 8.51. The number of benzene rings is 2. The van der Waals surface area contributed by atoms with Gasteiger partial charge in [-0.3, -0.25) is 19.4 Å². The van der Waals surface area contributed by atoms with Crippen molar-refractivity contribution in [2.45, 2.75) is 74.1 Å². The number of carbonyl (C=O) groups is 2. The van der Waals surface area contributed by atoms with Crippen molar-refractivity contribution in [3.8, 4) is 11.5 Å². The Hall–Kier alpha value is -3.16. The quantitative estimate of drug-likeness (QED) is 0.483. The van der Waals surface area contributed by atoms with Crippen molar-refractivity contribution in [2.75, 3.05) is 13.1 Å². The summed E-state index contributed by atoms with van der Waals surface area (Å²) in [6.07, 6.45) is 6.18. The van der Waals surface area contributed by atoms with Crippen LogP contribution in [-0.4, -0.2) is 68.7 Å². The molecule has 2 bridgehead atoms. The molecule has 4 fully saturated rings. The minimum absolute atomic E-state index is 0.0367. The van der Waals surface area contributed by atoms with Gasteiger partial charge in [0.05, 0.1) is 23.5 Å². The Kier molecular flexibility index (Phi) is 4.62. The predicted molar refractivity (Wildman–Crippen MR) is 139 cm³/mol. The Labute approximate surface area is 221 Å². The highest BCUT2D eigenvalue weighted by Gasteiger charge is 2.74. The Morgan fingerprint density at radius 1 is 1.05 bits per heavy atom. The van der Waals surface area contributed by atoms with E-state index in [9.17, 15) is 19.8 Å². The van der Waals surface area contributed by atoms with Crippen LogP contribution in [-0.2, 0) is 21.4 Å². The van der Waals surface area contributed by atoms with Gasteiger partial charge in [-0.2, -0.15) is 0 Å². The molecule has 1 spiro atoms. The van der Waals surface area contributed by atoms with Crippen LogP contribution in [0.4, 0.5) is 0 Å². The lowest BCUT2D eigenvalue weighted by atomic mass is 9.48. The van der Waals surface area contributed by atoms with Gasteiger partial charge in [0.25, 0.3) is 5.91 Å². The standard InChI is InChI=1S/C31H32N2O5/c34-23-9-8-20-15-24-31(37)11-10-22(33-25(35)16-21(29(33)36)14-18-4-2-1-3-5-18)28-30(31,26(20)27(23)38-28)12-13-32(24)17-19-6-7-19/h1-5,8-9,14,19,22,24,28,34,37H,6-7,10-13,15-17H2. The van der Waals surface area contributed by atoms with Crippen LogP contribution in [0, 0.1) is 5.92 Å². The normalized spacial score (nSPS) is 36.5. The minimum atomic E-state index is -1.04. The number of hydrogen-bond acceptors (Lipinski definition) is 6. The number of imide groups is 1. The van der Waals surface area contributed by atoms with Crippen LogP contribution in [0.3, 0.4) is 0 Å². The van der Waals surface area contributed by atoms with Crippen molar-refractivity contribution >= 4 is 17.9 Å². The topological polar surface area (TPSA) is 90.3 Å². The van der Waals surface area contributed by atoms with Crippen molar-refractivity contribution in [1.82, 2.24) is 9.80 Å². The Morgan fingerprint density at radius 2 is 1.87 bits per heavy atom. The van der Waals surface area contributed by atoms with Crippen LogP contribution < -0.4 is 4.74 Å². The first-order valence-corrected chi connectivity index (χ1v) is 14.0. The molecule has 7 nitrogen and oxygen atoms in total. The van der Waals surface area contributed by atoms with Gasteiger partial charge in [0.15, 0.2) is 11.5 Å². The molecule has 5 unspecified atom stereocenters. The summed E-state index contributed by atoms with van der Waals surface area (Å²) in [4.78, 5) is 31.0. The molecule has 3 aliphatic carbocycles. The van der Waals surface area contributed by atoms with Crippen LogP contribution >= 0.6 is 0 Å². The molecule has 6 aliphatic rings. The van der Waals surface area contributed by atoms with Crippen LogP contribution in [0.1, 0.15) is 55.2 Å². The summed E-state index contributed by atoms with van der Waals surface area (Å²) in [5, 5.41) is 23.5.